The Morgan fingerprint density at radius 2 is 1.67 bits per heavy atom. The van der Waals surface area contributed by atoms with Gasteiger partial charge in [0.25, 0.3) is 10.0 Å². The molecular formula is C14H13Cl2NO3S. The molecule has 0 spiro atoms. The van der Waals surface area contributed by atoms with Crippen LogP contribution in [0.3, 0.4) is 0 Å². The van der Waals surface area contributed by atoms with Gasteiger partial charge in [0, 0.05) is 12.1 Å². The van der Waals surface area contributed by atoms with Crippen LogP contribution in [0.4, 0.5) is 5.69 Å². The minimum absolute atomic E-state index is 0.154. The predicted octanol–water partition coefficient (Wildman–Crippen LogP) is 3.83. The van der Waals surface area contributed by atoms with Crippen molar-refractivity contribution < 1.29 is 13.2 Å². The summed E-state index contributed by atoms with van der Waals surface area (Å²) in [5.74, 6) is 0.484. The molecule has 0 aromatic heterocycles. The number of benzene rings is 2. The molecule has 2 aromatic rings. The van der Waals surface area contributed by atoms with E-state index < -0.39 is 10.0 Å². The first kappa shape index (κ1) is 15.9. The monoisotopic (exact) mass is 345 g/mol. The van der Waals surface area contributed by atoms with Gasteiger partial charge in [-0.2, -0.15) is 0 Å². The van der Waals surface area contributed by atoms with E-state index in [0.29, 0.717) is 21.5 Å². The number of anilines is 1. The van der Waals surface area contributed by atoms with Crippen molar-refractivity contribution in [1.29, 1.82) is 0 Å². The van der Waals surface area contributed by atoms with Gasteiger partial charge >= 0.3 is 0 Å². The smallest absolute Gasteiger partial charge is 0.264 e. The van der Waals surface area contributed by atoms with Crippen LogP contribution in [0.2, 0.25) is 10.0 Å². The van der Waals surface area contributed by atoms with Gasteiger partial charge in [0.1, 0.15) is 5.75 Å². The molecule has 0 saturated heterocycles. The molecule has 21 heavy (non-hydrogen) atoms. The number of rotatable bonds is 4. The van der Waals surface area contributed by atoms with E-state index in [1.165, 1.54) is 44.5 Å². The number of nitrogens with zero attached hydrogens (tertiary/aromatic N) is 1. The lowest BCUT2D eigenvalue weighted by molar-refractivity contribution is 0.415. The molecule has 0 bridgehead atoms. The molecule has 0 aliphatic heterocycles. The van der Waals surface area contributed by atoms with Crippen molar-refractivity contribution in [3.05, 3.63) is 52.5 Å². The third-order valence-electron chi connectivity index (χ3n) is 2.97. The van der Waals surface area contributed by atoms with E-state index >= 15 is 0 Å². The first-order chi connectivity index (χ1) is 9.86. The zero-order valence-corrected chi connectivity index (χ0v) is 13.7. The molecule has 2 rings (SSSR count). The first-order valence-electron chi connectivity index (χ1n) is 5.94. The molecule has 0 amide bonds. The highest BCUT2D eigenvalue weighted by atomic mass is 35.5. The standard InChI is InChI=1S/C14H13Cl2NO3S/c1-17(11-5-8-14(20-2)13(16)9-11)21(18,19)12-6-3-10(15)4-7-12/h3-9H,1-2H3. The molecule has 7 heteroatoms. The lowest BCUT2D eigenvalue weighted by atomic mass is 10.3. The van der Waals surface area contributed by atoms with Gasteiger partial charge in [0.2, 0.25) is 0 Å². The predicted molar refractivity (Wildman–Crippen MR) is 85.0 cm³/mol. The second-order valence-corrected chi connectivity index (χ2v) is 7.06. The molecule has 0 heterocycles. The van der Waals surface area contributed by atoms with Crippen LogP contribution in [-0.2, 0) is 10.0 Å². The molecule has 4 nitrogen and oxygen atoms in total. The zero-order valence-electron chi connectivity index (χ0n) is 11.4. The number of hydrogen-bond donors (Lipinski definition) is 0. The first-order valence-corrected chi connectivity index (χ1v) is 8.14. The SMILES string of the molecule is COc1ccc(N(C)S(=O)(=O)c2ccc(Cl)cc2)cc1Cl. The molecule has 0 atom stereocenters. The van der Waals surface area contributed by atoms with Crippen LogP contribution in [0.5, 0.6) is 5.75 Å². The molecule has 0 N–H and O–H groups in total. The van der Waals surface area contributed by atoms with Crippen LogP contribution in [0, 0.1) is 0 Å². The number of sulfonamides is 1. The number of methoxy groups -OCH3 is 1. The summed E-state index contributed by atoms with van der Waals surface area (Å²) in [4.78, 5) is 0.154. The Kier molecular flexibility index (Phi) is 4.66. The molecule has 0 radical (unpaired) electrons. The van der Waals surface area contributed by atoms with Crippen molar-refractivity contribution in [1.82, 2.24) is 0 Å². The Labute approximate surface area is 133 Å². The van der Waals surface area contributed by atoms with Crippen LogP contribution >= 0.6 is 23.2 Å². The minimum Gasteiger partial charge on any atom is -0.495 e. The molecular weight excluding hydrogens is 333 g/mol. The van der Waals surface area contributed by atoms with Crippen molar-refractivity contribution in [3.63, 3.8) is 0 Å². The summed E-state index contributed by atoms with van der Waals surface area (Å²) in [5.41, 5.74) is 0.441. The minimum atomic E-state index is -3.67. The third kappa shape index (κ3) is 3.26. The van der Waals surface area contributed by atoms with Crippen molar-refractivity contribution in [2.75, 3.05) is 18.5 Å². The zero-order chi connectivity index (χ0) is 15.6. The fourth-order valence-corrected chi connectivity index (χ4v) is 3.32. The topological polar surface area (TPSA) is 46.6 Å². The summed E-state index contributed by atoms with van der Waals surface area (Å²) in [7, 11) is -0.714. The van der Waals surface area contributed by atoms with Crippen LogP contribution < -0.4 is 9.04 Å². The average Bonchev–Trinajstić information content (AvgIpc) is 2.46. The van der Waals surface area contributed by atoms with Gasteiger partial charge in [0.15, 0.2) is 0 Å². The molecule has 0 aliphatic rings. The summed E-state index contributed by atoms with van der Waals surface area (Å²) >= 11 is 11.8. The lowest BCUT2D eigenvalue weighted by Gasteiger charge is -2.20. The average molecular weight is 346 g/mol. The van der Waals surface area contributed by atoms with Gasteiger partial charge in [-0.05, 0) is 42.5 Å². The summed E-state index contributed by atoms with van der Waals surface area (Å²) in [6, 6.07) is 10.8. The van der Waals surface area contributed by atoms with Crippen LogP contribution in [0.15, 0.2) is 47.4 Å². The van der Waals surface area contributed by atoms with E-state index in [4.69, 9.17) is 27.9 Å². The van der Waals surface area contributed by atoms with Gasteiger partial charge in [-0.1, -0.05) is 23.2 Å². The number of halogens is 2. The molecule has 0 aliphatic carbocycles. The van der Waals surface area contributed by atoms with Crippen LogP contribution in [-0.4, -0.2) is 22.6 Å². The molecule has 0 fully saturated rings. The normalized spacial score (nSPS) is 11.2. The Hall–Kier alpha value is -1.43. The van der Waals surface area contributed by atoms with Crippen molar-refractivity contribution in [3.8, 4) is 5.75 Å². The highest BCUT2D eigenvalue weighted by molar-refractivity contribution is 7.92. The Morgan fingerprint density at radius 3 is 2.19 bits per heavy atom. The van der Waals surface area contributed by atoms with E-state index in [0.717, 1.165) is 4.31 Å². The summed E-state index contributed by atoms with van der Waals surface area (Å²) in [6.07, 6.45) is 0. The summed E-state index contributed by atoms with van der Waals surface area (Å²) in [5, 5.41) is 0.817. The quantitative estimate of drug-likeness (QED) is 0.845. The molecule has 0 saturated carbocycles. The van der Waals surface area contributed by atoms with E-state index in [1.807, 2.05) is 0 Å². The highest BCUT2D eigenvalue weighted by Gasteiger charge is 2.21. The Bertz CT molecular complexity index is 745. The van der Waals surface area contributed by atoms with Gasteiger partial charge in [-0.3, -0.25) is 4.31 Å². The van der Waals surface area contributed by atoms with Gasteiger partial charge in [0.05, 0.1) is 22.7 Å². The highest BCUT2D eigenvalue weighted by Crippen LogP contribution is 2.31. The van der Waals surface area contributed by atoms with Crippen molar-refractivity contribution in [2.24, 2.45) is 0 Å². The summed E-state index contributed by atoms with van der Waals surface area (Å²) < 4.78 is 31.2. The van der Waals surface area contributed by atoms with Crippen molar-refractivity contribution >= 4 is 38.9 Å². The van der Waals surface area contributed by atoms with Crippen LogP contribution in [0.25, 0.3) is 0 Å². The lowest BCUT2D eigenvalue weighted by Crippen LogP contribution is -2.26. The van der Waals surface area contributed by atoms with Crippen molar-refractivity contribution in [2.45, 2.75) is 4.90 Å². The maximum Gasteiger partial charge on any atom is 0.264 e. The molecule has 0 unspecified atom stereocenters. The molecule has 112 valence electrons. The maximum atomic E-state index is 12.5. The van der Waals surface area contributed by atoms with E-state index in [1.54, 1.807) is 12.1 Å². The number of ether oxygens (including phenoxy) is 1. The molecule has 2 aromatic carbocycles. The second kappa shape index (κ2) is 6.13. The van der Waals surface area contributed by atoms with Crippen LogP contribution in [0.1, 0.15) is 0 Å². The van der Waals surface area contributed by atoms with Gasteiger partial charge < -0.3 is 4.74 Å². The fourth-order valence-electron chi connectivity index (χ4n) is 1.75. The fraction of sp³-hybridized carbons (Fsp3) is 0.143. The van der Waals surface area contributed by atoms with Gasteiger partial charge in [-0.15, -0.1) is 0 Å². The summed E-state index contributed by atoms with van der Waals surface area (Å²) in [6.45, 7) is 0. The van der Waals surface area contributed by atoms with Gasteiger partial charge in [-0.25, -0.2) is 8.42 Å². The maximum absolute atomic E-state index is 12.5. The largest absolute Gasteiger partial charge is 0.495 e. The van der Waals surface area contributed by atoms with E-state index in [2.05, 4.69) is 0 Å². The Morgan fingerprint density at radius 1 is 1.05 bits per heavy atom. The van der Waals surface area contributed by atoms with E-state index in [9.17, 15) is 8.42 Å². The van der Waals surface area contributed by atoms with E-state index in [-0.39, 0.29) is 4.90 Å². The Balaban J connectivity index is 2.40. The third-order valence-corrected chi connectivity index (χ3v) is 5.32. The number of hydrogen-bond acceptors (Lipinski definition) is 3. The second-order valence-electron chi connectivity index (χ2n) is 4.25.